The van der Waals surface area contributed by atoms with Gasteiger partial charge in [-0.3, -0.25) is 19.2 Å². The van der Waals surface area contributed by atoms with Gasteiger partial charge in [0.2, 0.25) is 0 Å². The molecule has 7 nitrogen and oxygen atoms in total. The van der Waals surface area contributed by atoms with E-state index in [9.17, 15) is 19.2 Å². The number of anilines is 1. The lowest BCUT2D eigenvalue weighted by molar-refractivity contribution is -0.147. The predicted molar refractivity (Wildman–Crippen MR) is 118 cm³/mol. The summed E-state index contributed by atoms with van der Waals surface area (Å²) in [6, 6.07) is 12.9. The summed E-state index contributed by atoms with van der Waals surface area (Å²) in [5, 5.41) is 3.12. The van der Waals surface area contributed by atoms with E-state index in [1.165, 1.54) is 0 Å². The van der Waals surface area contributed by atoms with Crippen LogP contribution in [0.2, 0.25) is 5.02 Å². The first kappa shape index (κ1) is 24.1. The van der Waals surface area contributed by atoms with Crippen LogP contribution >= 0.6 is 11.6 Å². The molecule has 0 spiro atoms. The summed E-state index contributed by atoms with van der Waals surface area (Å²) in [5.41, 5.74) is 1.46. The number of benzene rings is 2. The summed E-state index contributed by atoms with van der Waals surface area (Å²) in [6.45, 7) is 4.58. The summed E-state index contributed by atoms with van der Waals surface area (Å²) < 4.78 is 4.92. The van der Waals surface area contributed by atoms with Gasteiger partial charge in [-0.15, -0.1) is 0 Å². The molecule has 164 valence electrons. The Labute approximate surface area is 186 Å². The van der Waals surface area contributed by atoms with Crippen molar-refractivity contribution in [3.05, 3.63) is 64.7 Å². The highest BCUT2D eigenvalue weighted by atomic mass is 35.5. The van der Waals surface area contributed by atoms with Gasteiger partial charge in [-0.1, -0.05) is 11.6 Å². The number of ether oxygens (including phenoxy) is 1. The minimum atomic E-state index is -0.641. The lowest BCUT2D eigenvalue weighted by Crippen LogP contribution is -2.30. The third-order valence-electron chi connectivity index (χ3n) is 4.55. The molecule has 31 heavy (non-hydrogen) atoms. The zero-order chi connectivity index (χ0) is 22.8. The Bertz CT molecular complexity index is 922. The summed E-state index contributed by atoms with van der Waals surface area (Å²) in [4.78, 5) is 49.8. The third kappa shape index (κ3) is 7.53. The fourth-order valence-corrected chi connectivity index (χ4v) is 2.93. The number of esters is 1. The number of hydrogen-bond donors (Lipinski definition) is 1. The van der Waals surface area contributed by atoms with Gasteiger partial charge in [-0.2, -0.15) is 0 Å². The normalized spacial score (nSPS) is 10.3. The molecule has 0 aliphatic heterocycles. The molecule has 2 rings (SSSR count). The van der Waals surface area contributed by atoms with E-state index in [0.29, 0.717) is 34.9 Å². The molecule has 0 bridgehead atoms. The summed E-state index contributed by atoms with van der Waals surface area (Å²) >= 11 is 5.78. The average Bonchev–Trinajstić information content (AvgIpc) is 2.77. The molecular weight excluding hydrogens is 420 g/mol. The monoisotopic (exact) mass is 444 g/mol. The number of hydrogen-bond acceptors (Lipinski definition) is 5. The van der Waals surface area contributed by atoms with E-state index >= 15 is 0 Å². The molecule has 2 amide bonds. The van der Waals surface area contributed by atoms with Gasteiger partial charge in [0.1, 0.15) is 0 Å². The van der Waals surface area contributed by atoms with Crippen molar-refractivity contribution >= 4 is 40.9 Å². The van der Waals surface area contributed by atoms with Crippen LogP contribution in [0.15, 0.2) is 48.5 Å². The largest absolute Gasteiger partial charge is 0.456 e. The highest BCUT2D eigenvalue weighted by Gasteiger charge is 2.14. The number of amides is 2. The zero-order valence-corrected chi connectivity index (χ0v) is 18.3. The molecular formula is C23H25ClN2O5. The predicted octanol–water partition coefficient (Wildman–Crippen LogP) is 3.97. The number of carbonyl (C=O) groups is 4. The first-order chi connectivity index (χ1) is 14.8. The van der Waals surface area contributed by atoms with Crippen molar-refractivity contribution < 1.29 is 23.9 Å². The van der Waals surface area contributed by atoms with Gasteiger partial charge in [-0.25, -0.2) is 0 Å². The van der Waals surface area contributed by atoms with Crippen LogP contribution in [-0.4, -0.2) is 48.2 Å². The number of ketones is 1. The summed E-state index contributed by atoms with van der Waals surface area (Å²) in [7, 11) is 0. The van der Waals surface area contributed by atoms with Crippen LogP contribution in [0.5, 0.6) is 0 Å². The number of carbonyl (C=O) groups excluding carboxylic acids is 4. The number of rotatable bonds is 10. The maximum absolute atomic E-state index is 12.3. The topological polar surface area (TPSA) is 92.8 Å². The number of halogens is 1. The molecule has 2 aromatic carbocycles. The fraction of sp³-hybridized carbons (Fsp3) is 0.304. The van der Waals surface area contributed by atoms with E-state index in [2.05, 4.69) is 5.32 Å². The van der Waals surface area contributed by atoms with E-state index < -0.39 is 18.5 Å². The van der Waals surface area contributed by atoms with Crippen LogP contribution in [0, 0.1) is 0 Å². The molecule has 2 aromatic rings. The summed E-state index contributed by atoms with van der Waals surface area (Å²) in [5.74, 6) is -1.44. The highest BCUT2D eigenvalue weighted by Crippen LogP contribution is 2.13. The molecule has 0 atom stereocenters. The standard InChI is InChI=1S/C23H25ClN2O5/c1-3-26(4-2)23(30)17-7-11-19(12-8-17)25-21(28)15-31-22(29)14-13-20(27)16-5-9-18(24)10-6-16/h5-12H,3-4,13-15H2,1-2H3,(H,25,28). The van der Waals surface area contributed by atoms with Gasteiger partial charge in [0, 0.05) is 41.3 Å². The van der Waals surface area contributed by atoms with E-state index in [1.54, 1.807) is 53.4 Å². The third-order valence-corrected chi connectivity index (χ3v) is 4.80. The van der Waals surface area contributed by atoms with E-state index in [0.717, 1.165) is 0 Å². The molecule has 0 saturated carbocycles. The molecule has 0 aromatic heterocycles. The van der Waals surface area contributed by atoms with Crippen LogP contribution in [0.1, 0.15) is 47.4 Å². The maximum atomic E-state index is 12.3. The maximum Gasteiger partial charge on any atom is 0.306 e. The van der Waals surface area contributed by atoms with Crippen LogP contribution in [0.4, 0.5) is 5.69 Å². The molecule has 0 unspecified atom stereocenters. The van der Waals surface area contributed by atoms with Crippen molar-refractivity contribution in [3.8, 4) is 0 Å². The molecule has 8 heteroatoms. The number of Topliss-reactive ketones (excluding diaryl/α,β-unsaturated/α-hetero) is 1. The van der Waals surface area contributed by atoms with Crippen LogP contribution < -0.4 is 5.32 Å². The summed E-state index contributed by atoms with van der Waals surface area (Å²) in [6.07, 6.45) is -0.152. The molecule has 0 fully saturated rings. The Hall–Kier alpha value is -3.19. The Balaban J connectivity index is 1.75. The Morgan fingerprint density at radius 3 is 2.03 bits per heavy atom. The first-order valence-electron chi connectivity index (χ1n) is 9.97. The Morgan fingerprint density at radius 1 is 0.871 bits per heavy atom. The number of nitrogens with zero attached hydrogens (tertiary/aromatic N) is 1. The second kappa shape index (κ2) is 11.9. The van der Waals surface area contributed by atoms with E-state index in [1.807, 2.05) is 13.8 Å². The van der Waals surface area contributed by atoms with Gasteiger partial charge >= 0.3 is 5.97 Å². The lowest BCUT2D eigenvalue weighted by Gasteiger charge is -2.18. The van der Waals surface area contributed by atoms with E-state index in [-0.39, 0.29) is 24.5 Å². The molecule has 0 aliphatic carbocycles. The van der Waals surface area contributed by atoms with Gasteiger partial charge in [0.15, 0.2) is 12.4 Å². The first-order valence-corrected chi connectivity index (χ1v) is 10.3. The minimum absolute atomic E-state index is 0.0237. The second-order valence-electron chi connectivity index (χ2n) is 6.69. The highest BCUT2D eigenvalue weighted by molar-refractivity contribution is 6.30. The second-order valence-corrected chi connectivity index (χ2v) is 7.13. The van der Waals surface area contributed by atoms with Crippen molar-refractivity contribution in [3.63, 3.8) is 0 Å². The Kier molecular flexibility index (Phi) is 9.21. The smallest absolute Gasteiger partial charge is 0.306 e. The molecule has 0 radical (unpaired) electrons. The quantitative estimate of drug-likeness (QED) is 0.442. The minimum Gasteiger partial charge on any atom is -0.456 e. The van der Waals surface area contributed by atoms with Gasteiger partial charge < -0.3 is 15.0 Å². The van der Waals surface area contributed by atoms with Crippen LogP contribution in [-0.2, 0) is 14.3 Å². The average molecular weight is 445 g/mol. The SMILES string of the molecule is CCN(CC)C(=O)c1ccc(NC(=O)COC(=O)CCC(=O)c2ccc(Cl)cc2)cc1. The van der Waals surface area contributed by atoms with Crippen molar-refractivity contribution in [2.75, 3.05) is 25.0 Å². The molecule has 1 N–H and O–H groups in total. The van der Waals surface area contributed by atoms with Crippen LogP contribution in [0.3, 0.4) is 0 Å². The van der Waals surface area contributed by atoms with Gasteiger partial charge in [-0.05, 0) is 62.4 Å². The van der Waals surface area contributed by atoms with Crippen molar-refractivity contribution in [1.29, 1.82) is 0 Å². The lowest BCUT2D eigenvalue weighted by atomic mass is 10.1. The van der Waals surface area contributed by atoms with E-state index in [4.69, 9.17) is 16.3 Å². The van der Waals surface area contributed by atoms with Crippen molar-refractivity contribution in [1.82, 2.24) is 4.90 Å². The Morgan fingerprint density at radius 2 is 1.45 bits per heavy atom. The molecule has 0 aliphatic rings. The fourth-order valence-electron chi connectivity index (χ4n) is 2.80. The molecule has 0 saturated heterocycles. The number of nitrogens with one attached hydrogen (secondary N) is 1. The van der Waals surface area contributed by atoms with Crippen LogP contribution in [0.25, 0.3) is 0 Å². The zero-order valence-electron chi connectivity index (χ0n) is 17.5. The van der Waals surface area contributed by atoms with Crippen molar-refractivity contribution in [2.45, 2.75) is 26.7 Å². The van der Waals surface area contributed by atoms with Crippen molar-refractivity contribution in [2.24, 2.45) is 0 Å². The van der Waals surface area contributed by atoms with Gasteiger partial charge in [0.05, 0.1) is 6.42 Å². The molecule has 0 heterocycles. The van der Waals surface area contributed by atoms with Gasteiger partial charge in [0.25, 0.3) is 11.8 Å².